The van der Waals surface area contributed by atoms with Crippen molar-refractivity contribution in [1.29, 1.82) is 0 Å². The van der Waals surface area contributed by atoms with Crippen LogP contribution in [-0.2, 0) is 11.3 Å². The summed E-state index contributed by atoms with van der Waals surface area (Å²) >= 11 is 0. The first-order valence-corrected chi connectivity index (χ1v) is 11.0. The molecule has 2 bridgehead atoms. The summed E-state index contributed by atoms with van der Waals surface area (Å²) < 4.78 is 5.74. The van der Waals surface area contributed by atoms with Crippen LogP contribution >= 0.6 is 0 Å². The van der Waals surface area contributed by atoms with E-state index in [0.29, 0.717) is 36.6 Å². The maximum absolute atomic E-state index is 13.7. The molecule has 2 aromatic carbocycles. The number of carbonyl (C=O) groups excluding carboxylic acids is 1. The third-order valence-corrected chi connectivity index (χ3v) is 6.87. The lowest BCUT2D eigenvalue weighted by molar-refractivity contribution is -0.138. The SMILES string of the molecule is CCN(Cc1ccccc1)C(=O)[C@H]1[C@H]2CC[C@H](C2)[C@@H]1c1nc(-c2ccccc2)no1. The Kier molecular flexibility index (Phi) is 5.11. The monoisotopic (exact) mass is 401 g/mol. The zero-order valence-corrected chi connectivity index (χ0v) is 17.3. The number of benzene rings is 2. The fourth-order valence-corrected chi connectivity index (χ4v) is 5.44. The minimum absolute atomic E-state index is 0.0334. The van der Waals surface area contributed by atoms with Crippen LogP contribution in [0.5, 0.6) is 0 Å². The zero-order chi connectivity index (χ0) is 20.5. The van der Waals surface area contributed by atoms with Crippen LogP contribution in [0.25, 0.3) is 11.4 Å². The Morgan fingerprint density at radius 1 is 1.03 bits per heavy atom. The van der Waals surface area contributed by atoms with Gasteiger partial charge in [-0.1, -0.05) is 65.8 Å². The van der Waals surface area contributed by atoms with E-state index in [1.165, 1.54) is 0 Å². The fraction of sp³-hybridized carbons (Fsp3) is 0.400. The second-order valence-electron chi connectivity index (χ2n) is 8.55. The van der Waals surface area contributed by atoms with Crippen LogP contribution in [0, 0.1) is 17.8 Å². The Hall–Kier alpha value is -2.95. The summed E-state index contributed by atoms with van der Waals surface area (Å²) in [7, 11) is 0. The van der Waals surface area contributed by atoms with Gasteiger partial charge >= 0.3 is 0 Å². The maximum Gasteiger partial charge on any atom is 0.231 e. The third kappa shape index (κ3) is 3.42. The van der Waals surface area contributed by atoms with Gasteiger partial charge in [0.05, 0.1) is 11.8 Å². The summed E-state index contributed by atoms with van der Waals surface area (Å²) in [5.41, 5.74) is 2.11. The van der Waals surface area contributed by atoms with Crippen LogP contribution in [0.15, 0.2) is 65.2 Å². The molecule has 0 radical (unpaired) electrons. The topological polar surface area (TPSA) is 59.2 Å². The zero-order valence-electron chi connectivity index (χ0n) is 17.3. The largest absolute Gasteiger partial charge is 0.339 e. The average molecular weight is 402 g/mol. The molecule has 154 valence electrons. The van der Waals surface area contributed by atoms with Crippen LogP contribution in [0.4, 0.5) is 0 Å². The molecule has 1 amide bonds. The van der Waals surface area contributed by atoms with E-state index in [1.807, 2.05) is 53.4 Å². The van der Waals surface area contributed by atoms with Gasteiger partial charge in [-0.2, -0.15) is 4.98 Å². The molecule has 0 saturated heterocycles. The molecule has 0 spiro atoms. The van der Waals surface area contributed by atoms with Gasteiger partial charge in [0.2, 0.25) is 17.6 Å². The smallest absolute Gasteiger partial charge is 0.231 e. The molecular formula is C25H27N3O2. The molecule has 4 atom stereocenters. The van der Waals surface area contributed by atoms with E-state index in [2.05, 4.69) is 24.2 Å². The van der Waals surface area contributed by atoms with E-state index in [1.54, 1.807) is 0 Å². The first-order valence-electron chi connectivity index (χ1n) is 11.0. The molecule has 0 N–H and O–H groups in total. The first-order chi connectivity index (χ1) is 14.7. The van der Waals surface area contributed by atoms with Crippen molar-refractivity contribution in [3.8, 4) is 11.4 Å². The van der Waals surface area contributed by atoms with E-state index in [4.69, 9.17) is 9.51 Å². The van der Waals surface area contributed by atoms with Crippen LogP contribution in [0.3, 0.4) is 0 Å². The maximum atomic E-state index is 13.7. The van der Waals surface area contributed by atoms with Crippen LogP contribution in [0.1, 0.15) is 43.6 Å². The Labute approximate surface area is 177 Å². The molecule has 3 aromatic rings. The molecule has 5 rings (SSSR count). The van der Waals surface area contributed by atoms with Gasteiger partial charge < -0.3 is 9.42 Å². The van der Waals surface area contributed by atoms with E-state index in [9.17, 15) is 4.79 Å². The number of carbonyl (C=O) groups is 1. The minimum Gasteiger partial charge on any atom is -0.339 e. The average Bonchev–Trinajstić information content (AvgIpc) is 3.54. The van der Waals surface area contributed by atoms with Crippen molar-refractivity contribution in [2.75, 3.05) is 6.54 Å². The van der Waals surface area contributed by atoms with Gasteiger partial charge in [-0.25, -0.2) is 0 Å². The van der Waals surface area contributed by atoms with Crippen LogP contribution in [0.2, 0.25) is 0 Å². The van der Waals surface area contributed by atoms with Crippen molar-refractivity contribution in [3.63, 3.8) is 0 Å². The predicted octanol–water partition coefficient (Wildman–Crippen LogP) is 4.92. The Bertz CT molecular complexity index is 1000. The van der Waals surface area contributed by atoms with E-state index in [0.717, 1.165) is 30.4 Å². The number of fused-ring (bicyclic) bond motifs is 2. The lowest BCUT2D eigenvalue weighted by Crippen LogP contribution is -2.40. The number of aromatic nitrogens is 2. The summed E-state index contributed by atoms with van der Waals surface area (Å²) in [6.07, 6.45) is 3.36. The second-order valence-corrected chi connectivity index (χ2v) is 8.55. The van der Waals surface area contributed by atoms with Gasteiger partial charge in [-0.05, 0) is 43.6 Å². The Balaban J connectivity index is 1.41. The number of amides is 1. The number of hydrogen-bond donors (Lipinski definition) is 0. The molecule has 1 heterocycles. The van der Waals surface area contributed by atoms with Crippen LogP contribution in [-0.4, -0.2) is 27.5 Å². The fourth-order valence-electron chi connectivity index (χ4n) is 5.44. The van der Waals surface area contributed by atoms with Crippen LogP contribution < -0.4 is 0 Å². The summed E-state index contributed by atoms with van der Waals surface area (Å²) in [6.45, 7) is 3.41. The van der Waals surface area contributed by atoms with Crippen molar-refractivity contribution < 1.29 is 9.32 Å². The normalized spacial score (nSPS) is 24.8. The summed E-state index contributed by atoms with van der Waals surface area (Å²) in [5, 5.41) is 4.23. The lowest BCUT2D eigenvalue weighted by atomic mass is 9.78. The molecular weight excluding hydrogens is 374 g/mol. The molecule has 2 aliphatic carbocycles. The van der Waals surface area contributed by atoms with Crippen molar-refractivity contribution in [2.45, 2.75) is 38.6 Å². The molecule has 1 aromatic heterocycles. The predicted molar refractivity (Wildman–Crippen MR) is 114 cm³/mol. The molecule has 5 nitrogen and oxygen atoms in total. The van der Waals surface area contributed by atoms with Crippen molar-refractivity contribution in [3.05, 3.63) is 72.1 Å². The Morgan fingerprint density at radius 2 is 1.73 bits per heavy atom. The van der Waals surface area contributed by atoms with Gasteiger partial charge in [0.25, 0.3) is 0 Å². The molecule has 5 heteroatoms. The number of nitrogens with zero attached hydrogens (tertiary/aromatic N) is 3. The van der Waals surface area contributed by atoms with Gasteiger partial charge in [-0.3, -0.25) is 4.79 Å². The number of hydrogen-bond acceptors (Lipinski definition) is 4. The van der Waals surface area contributed by atoms with Crippen molar-refractivity contribution >= 4 is 5.91 Å². The highest BCUT2D eigenvalue weighted by Crippen LogP contribution is 2.57. The molecule has 2 saturated carbocycles. The highest BCUT2D eigenvalue weighted by molar-refractivity contribution is 5.81. The number of rotatable bonds is 6. The summed E-state index contributed by atoms with van der Waals surface area (Å²) in [4.78, 5) is 20.4. The van der Waals surface area contributed by atoms with Gasteiger partial charge in [0.1, 0.15) is 0 Å². The van der Waals surface area contributed by atoms with Gasteiger partial charge in [-0.15, -0.1) is 0 Å². The highest BCUT2D eigenvalue weighted by atomic mass is 16.5. The minimum atomic E-state index is -0.0588. The summed E-state index contributed by atoms with van der Waals surface area (Å²) in [6, 6.07) is 20.1. The quantitative estimate of drug-likeness (QED) is 0.588. The second kappa shape index (κ2) is 8.05. The molecule has 0 unspecified atom stereocenters. The van der Waals surface area contributed by atoms with E-state index < -0.39 is 0 Å². The molecule has 30 heavy (non-hydrogen) atoms. The molecule has 2 aliphatic rings. The van der Waals surface area contributed by atoms with Gasteiger partial charge in [0.15, 0.2) is 0 Å². The molecule has 2 fully saturated rings. The standard InChI is InChI=1S/C25H27N3O2/c1-2-28(16-17-9-5-3-6-10-17)25(29)22-20-14-13-19(15-20)21(22)24-26-23(27-30-24)18-11-7-4-8-12-18/h3-12,19-22H,2,13-16H2,1H3/t19-,20+,21+,22+/m1/s1. The Morgan fingerprint density at radius 3 is 2.47 bits per heavy atom. The summed E-state index contributed by atoms with van der Waals surface area (Å²) in [5.74, 6) is 2.33. The van der Waals surface area contributed by atoms with E-state index in [-0.39, 0.29) is 17.7 Å². The van der Waals surface area contributed by atoms with E-state index >= 15 is 0 Å². The van der Waals surface area contributed by atoms with Crippen molar-refractivity contribution in [1.82, 2.24) is 15.0 Å². The van der Waals surface area contributed by atoms with Gasteiger partial charge in [0, 0.05) is 18.7 Å². The first kappa shape index (κ1) is 19.0. The third-order valence-electron chi connectivity index (χ3n) is 6.87. The van der Waals surface area contributed by atoms with Crippen molar-refractivity contribution in [2.24, 2.45) is 17.8 Å². The molecule has 0 aliphatic heterocycles. The lowest BCUT2D eigenvalue weighted by Gasteiger charge is -2.32. The highest BCUT2D eigenvalue weighted by Gasteiger charge is 2.54.